The van der Waals surface area contributed by atoms with Gasteiger partial charge in [0.25, 0.3) is 0 Å². The molecule has 0 aliphatic heterocycles. The van der Waals surface area contributed by atoms with E-state index in [0.29, 0.717) is 29.8 Å². The van der Waals surface area contributed by atoms with Crippen molar-refractivity contribution in [2.24, 2.45) is 11.7 Å². The largest absolute Gasteiger partial charge is 0.486 e. The quantitative estimate of drug-likeness (QED) is 0.770. The Kier molecular flexibility index (Phi) is 5.48. The van der Waals surface area contributed by atoms with E-state index in [2.05, 4.69) is 10.3 Å². The van der Waals surface area contributed by atoms with Gasteiger partial charge in [0.1, 0.15) is 5.75 Å². The Morgan fingerprint density at radius 1 is 1.21 bits per heavy atom. The number of para-hydroxylation sites is 1. The summed E-state index contributed by atoms with van der Waals surface area (Å²) >= 11 is 4.93. The molecule has 0 atom stereocenters. The highest BCUT2D eigenvalue weighted by atomic mass is 32.1. The Bertz CT molecular complexity index is 688. The van der Waals surface area contributed by atoms with Crippen LogP contribution in [0.3, 0.4) is 0 Å². The number of hydrogen-bond acceptors (Lipinski definition) is 4. The minimum Gasteiger partial charge on any atom is -0.486 e. The van der Waals surface area contributed by atoms with Crippen molar-refractivity contribution in [1.29, 1.82) is 0 Å². The van der Waals surface area contributed by atoms with Crippen LogP contribution in [0.2, 0.25) is 0 Å². The van der Waals surface area contributed by atoms with Gasteiger partial charge < -0.3 is 20.5 Å². The van der Waals surface area contributed by atoms with E-state index in [-0.39, 0.29) is 5.11 Å². The molecule has 1 aromatic carbocycles. The molecule has 126 valence electrons. The summed E-state index contributed by atoms with van der Waals surface area (Å²) in [5.41, 5.74) is 5.60. The van der Waals surface area contributed by atoms with Crippen LogP contribution in [0, 0.1) is 5.92 Å². The number of nitrogens with zero attached hydrogens (tertiary/aromatic N) is 1. The van der Waals surface area contributed by atoms with Crippen LogP contribution in [0.1, 0.15) is 25.7 Å². The van der Waals surface area contributed by atoms with Gasteiger partial charge in [0.2, 0.25) is 5.75 Å². The van der Waals surface area contributed by atoms with Gasteiger partial charge >= 0.3 is 0 Å². The fourth-order valence-electron chi connectivity index (χ4n) is 2.85. The van der Waals surface area contributed by atoms with Crippen LogP contribution in [-0.4, -0.2) is 16.7 Å². The van der Waals surface area contributed by atoms with Gasteiger partial charge in [0, 0.05) is 12.3 Å². The van der Waals surface area contributed by atoms with E-state index in [0.717, 1.165) is 5.75 Å². The number of anilines is 1. The minimum atomic E-state index is 0.144. The molecule has 3 N–H and O–H groups in total. The van der Waals surface area contributed by atoms with E-state index >= 15 is 0 Å². The van der Waals surface area contributed by atoms with Gasteiger partial charge in [-0.15, -0.1) is 0 Å². The Morgan fingerprint density at radius 3 is 2.67 bits per heavy atom. The fourth-order valence-corrected chi connectivity index (χ4v) is 2.95. The summed E-state index contributed by atoms with van der Waals surface area (Å²) in [5.74, 6) is 2.92. The fraction of sp³-hybridized carbons (Fsp3) is 0.333. The van der Waals surface area contributed by atoms with Crippen LogP contribution >= 0.6 is 12.2 Å². The Labute approximate surface area is 147 Å². The molecule has 24 heavy (non-hydrogen) atoms. The number of hydrogen-bond donors (Lipinski definition) is 2. The normalized spacial score (nSPS) is 14.3. The first kappa shape index (κ1) is 16.5. The van der Waals surface area contributed by atoms with Crippen LogP contribution in [0.15, 0.2) is 42.6 Å². The van der Waals surface area contributed by atoms with Crippen molar-refractivity contribution in [3.05, 3.63) is 42.6 Å². The Hall–Kier alpha value is -2.34. The van der Waals surface area contributed by atoms with E-state index in [1.165, 1.54) is 25.7 Å². The number of ether oxygens (including phenoxy) is 2. The lowest BCUT2D eigenvalue weighted by Gasteiger charge is -2.18. The maximum absolute atomic E-state index is 6.06. The highest BCUT2D eigenvalue weighted by Gasteiger charge is 2.19. The smallest absolute Gasteiger partial charge is 0.205 e. The molecule has 1 saturated carbocycles. The molecule has 6 heteroatoms. The van der Waals surface area contributed by atoms with E-state index in [1.807, 2.05) is 30.3 Å². The van der Waals surface area contributed by atoms with Crippen molar-refractivity contribution < 1.29 is 9.47 Å². The van der Waals surface area contributed by atoms with E-state index in [9.17, 15) is 0 Å². The number of nitrogens with two attached hydrogens (primary N) is 1. The third kappa shape index (κ3) is 4.35. The molecule has 0 bridgehead atoms. The number of thiocarbonyl (C=S) groups is 1. The minimum absolute atomic E-state index is 0.144. The summed E-state index contributed by atoms with van der Waals surface area (Å²) in [7, 11) is 0. The highest BCUT2D eigenvalue weighted by molar-refractivity contribution is 7.80. The van der Waals surface area contributed by atoms with Gasteiger partial charge in [-0.1, -0.05) is 31.0 Å². The SMILES string of the molecule is NC(=S)Nc1nccc(Oc2ccccc2)c1OCC1CCCC1. The standard InChI is InChI=1S/C18H21N3O2S/c19-18(24)21-17-16(22-12-13-6-4-5-7-13)15(10-11-20-17)23-14-8-2-1-3-9-14/h1-3,8-11,13H,4-7,12H2,(H3,19,20,21,24). The lowest BCUT2D eigenvalue weighted by Crippen LogP contribution is -2.21. The van der Waals surface area contributed by atoms with Crippen molar-refractivity contribution in [1.82, 2.24) is 4.98 Å². The second-order valence-electron chi connectivity index (χ2n) is 5.85. The average Bonchev–Trinajstić information content (AvgIpc) is 3.08. The Morgan fingerprint density at radius 2 is 1.96 bits per heavy atom. The summed E-state index contributed by atoms with van der Waals surface area (Å²) < 4.78 is 12.0. The number of nitrogens with one attached hydrogen (secondary N) is 1. The molecule has 0 amide bonds. The second-order valence-corrected chi connectivity index (χ2v) is 6.29. The molecule has 1 aromatic heterocycles. The molecule has 3 rings (SSSR count). The maximum Gasteiger partial charge on any atom is 0.205 e. The average molecular weight is 343 g/mol. The predicted octanol–water partition coefficient (Wildman–Crippen LogP) is 4.10. The van der Waals surface area contributed by atoms with Crippen LogP contribution in [-0.2, 0) is 0 Å². The van der Waals surface area contributed by atoms with Crippen LogP contribution in [0.25, 0.3) is 0 Å². The third-order valence-electron chi connectivity index (χ3n) is 4.02. The summed E-state index contributed by atoms with van der Waals surface area (Å²) in [6.07, 6.45) is 6.58. The molecule has 5 nitrogen and oxygen atoms in total. The molecule has 0 unspecified atom stereocenters. The molecule has 0 radical (unpaired) electrons. The third-order valence-corrected chi connectivity index (χ3v) is 4.12. The molecular weight excluding hydrogens is 322 g/mol. The lowest BCUT2D eigenvalue weighted by atomic mass is 10.1. The summed E-state index contributed by atoms with van der Waals surface area (Å²) in [4.78, 5) is 4.28. The van der Waals surface area contributed by atoms with Gasteiger partial charge in [0.05, 0.1) is 6.61 Å². The molecule has 1 aliphatic rings. The maximum atomic E-state index is 6.06. The zero-order chi connectivity index (χ0) is 16.8. The number of pyridine rings is 1. The van der Waals surface area contributed by atoms with Gasteiger partial charge in [-0.2, -0.15) is 0 Å². The zero-order valence-electron chi connectivity index (χ0n) is 13.4. The van der Waals surface area contributed by atoms with Crippen LogP contribution < -0.4 is 20.5 Å². The van der Waals surface area contributed by atoms with Crippen molar-refractivity contribution in [3.63, 3.8) is 0 Å². The van der Waals surface area contributed by atoms with Gasteiger partial charge in [-0.25, -0.2) is 4.98 Å². The van der Waals surface area contributed by atoms with E-state index in [4.69, 9.17) is 27.4 Å². The second kappa shape index (κ2) is 7.97. The number of rotatable bonds is 6. The zero-order valence-corrected chi connectivity index (χ0v) is 14.2. The highest BCUT2D eigenvalue weighted by Crippen LogP contribution is 2.37. The molecule has 1 aliphatic carbocycles. The first-order valence-electron chi connectivity index (χ1n) is 8.13. The van der Waals surface area contributed by atoms with Crippen molar-refractivity contribution >= 4 is 23.1 Å². The van der Waals surface area contributed by atoms with Gasteiger partial charge in [-0.05, 0) is 43.1 Å². The monoisotopic (exact) mass is 343 g/mol. The summed E-state index contributed by atoms with van der Waals surface area (Å²) in [6, 6.07) is 11.3. The van der Waals surface area contributed by atoms with Gasteiger partial charge in [-0.3, -0.25) is 0 Å². The first-order chi connectivity index (χ1) is 11.7. The molecular formula is C18H21N3O2S. The van der Waals surface area contributed by atoms with Crippen molar-refractivity contribution in [3.8, 4) is 17.2 Å². The van der Waals surface area contributed by atoms with Crippen LogP contribution in [0.4, 0.5) is 5.82 Å². The molecule has 1 heterocycles. The van der Waals surface area contributed by atoms with Crippen molar-refractivity contribution in [2.75, 3.05) is 11.9 Å². The van der Waals surface area contributed by atoms with Gasteiger partial charge in [0.15, 0.2) is 16.7 Å². The topological polar surface area (TPSA) is 69.4 Å². The number of aromatic nitrogens is 1. The first-order valence-corrected chi connectivity index (χ1v) is 8.54. The molecule has 0 saturated heterocycles. The Balaban J connectivity index is 1.83. The van der Waals surface area contributed by atoms with Crippen molar-refractivity contribution in [2.45, 2.75) is 25.7 Å². The van der Waals surface area contributed by atoms with Crippen LogP contribution in [0.5, 0.6) is 17.2 Å². The number of benzene rings is 1. The molecule has 1 fully saturated rings. The summed E-state index contributed by atoms with van der Waals surface area (Å²) in [5, 5.41) is 3.01. The predicted molar refractivity (Wildman–Crippen MR) is 98.6 cm³/mol. The molecule has 0 spiro atoms. The van der Waals surface area contributed by atoms with E-state index in [1.54, 1.807) is 12.3 Å². The lowest BCUT2D eigenvalue weighted by molar-refractivity contribution is 0.244. The molecule has 2 aromatic rings. The van der Waals surface area contributed by atoms with E-state index < -0.39 is 0 Å². The summed E-state index contributed by atoms with van der Waals surface area (Å²) in [6.45, 7) is 0.642.